The molecule has 1 aromatic carbocycles. The number of aromatic nitrogens is 1. The topological polar surface area (TPSA) is 53.4 Å². The summed E-state index contributed by atoms with van der Waals surface area (Å²) < 4.78 is 0. The van der Waals surface area contributed by atoms with Gasteiger partial charge in [0.1, 0.15) is 0 Å². The molecule has 0 aliphatic carbocycles. The van der Waals surface area contributed by atoms with E-state index in [1.165, 1.54) is 17.5 Å². The van der Waals surface area contributed by atoms with E-state index in [2.05, 4.69) is 42.2 Å². The van der Waals surface area contributed by atoms with E-state index in [9.17, 15) is 4.79 Å². The zero-order valence-electron chi connectivity index (χ0n) is 14.8. The van der Waals surface area contributed by atoms with Gasteiger partial charge in [-0.2, -0.15) is 0 Å². The van der Waals surface area contributed by atoms with Gasteiger partial charge in [-0.1, -0.05) is 35.9 Å². The number of hydrogen-bond acceptors (Lipinski definition) is 3. The van der Waals surface area contributed by atoms with Crippen LogP contribution in [0.2, 0.25) is 0 Å². The van der Waals surface area contributed by atoms with Crippen LogP contribution in [0.15, 0.2) is 42.5 Å². The first-order valence-corrected chi connectivity index (χ1v) is 9.05. The average molecular weight is 338 g/mol. The fourth-order valence-corrected chi connectivity index (χ4v) is 3.49. The molecule has 1 aromatic heterocycles. The van der Waals surface area contributed by atoms with E-state index in [4.69, 9.17) is 10.1 Å². The molecule has 1 fully saturated rings. The normalized spacial score (nSPS) is 18.2. The highest BCUT2D eigenvalue weighted by Crippen LogP contribution is 2.27. The lowest BCUT2D eigenvalue weighted by molar-refractivity contribution is -0.136. The molecule has 25 heavy (non-hydrogen) atoms. The molecule has 0 saturated carbocycles. The summed E-state index contributed by atoms with van der Waals surface area (Å²) in [5.74, 6) is -0.335. The second kappa shape index (κ2) is 8.26. The lowest BCUT2D eigenvalue weighted by Crippen LogP contribution is -2.34. The van der Waals surface area contributed by atoms with Gasteiger partial charge in [0.25, 0.3) is 0 Å². The number of nitrogens with zero attached hydrogens (tertiary/aromatic N) is 2. The Morgan fingerprint density at radius 2 is 2.04 bits per heavy atom. The van der Waals surface area contributed by atoms with Gasteiger partial charge in [-0.05, 0) is 44.0 Å². The fourth-order valence-electron chi connectivity index (χ4n) is 3.49. The Hall–Kier alpha value is -2.20. The third-order valence-electron chi connectivity index (χ3n) is 4.87. The number of carboxylic acids is 1. The third kappa shape index (κ3) is 5.13. The molecule has 4 nitrogen and oxygen atoms in total. The van der Waals surface area contributed by atoms with Crippen molar-refractivity contribution in [1.82, 2.24) is 9.88 Å². The zero-order valence-corrected chi connectivity index (χ0v) is 14.8. The molecule has 1 aliphatic rings. The van der Waals surface area contributed by atoms with Crippen molar-refractivity contribution in [3.8, 4) is 0 Å². The van der Waals surface area contributed by atoms with Crippen LogP contribution >= 0.6 is 0 Å². The lowest BCUT2D eigenvalue weighted by atomic mass is 9.93. The molecule has 0 amide bonds. The maximum Gasteiger partial charge on any atom is 0.303 e. The third-order valence-corrected chi connectivity index (χ3v) is 4.87. The summed E-state index contributed by atoms with van der Waals surface area (Å²) in [7, 11) is 0. The maximum atomic E-state index is 10.8. The van der Waals surface area contributed by atoms with Gasteiger partial charge < -0.3 is 5.11 Å². The molecule has 4 heteroatoms. The Kier molecular flexibility index (Phi) is 5.82. The summed E-state index contributed by atoms with van der Waals surface area (Å²) in [6, 6.07) is 14.8. The SMILES string of the molecule is Cc1ccc(CN2CCC[C@@H](c3cccc(CCC(=O)O)n3)C2)cc1. The molecule has 3 rings (SSSR count). The molecule has 2 aromatic rings. The first kappa shape index (κ1) is 17.6. The number of piperidine rings is 1. The van der Waals surface area contributed by atoms with E-state index < -0.39 is 5.97 Å². The predicted octanol–water partition coefficient (Wildman–Crippen LogP) is 3.79. The maximum absolute atomic E-state index is 10.8. The molecule has 0 radical (unpaired) electrons. The largest absolute Gasteiger partial charge is 0.481 e. The number of aryl methyl sites for hydroxylation is 2. The van der Waals surface area contributed by atoms with Crippen molar-refractivity contribution in [2.24, 2.45) is 0 Å². The van der Waals surface area contributed by atoms with E-state index in [1.54, 1.807) is 0 Å². The minimum atomic E-state index is -0.769. The number of rotatable bonds is 6. The predicted molar refractivity (Wildman–Crippen MR) is 98.6 cm³/mol. The average Bonchev–Trinajstić information content (AvgIpc) is 2.62. The molecule has 0 spiro atoms. The molecule has 132 valence electrons. The smallest absolute Gasteiger partial charge is 0.303 e. The van der Waals surface area contributed by atoms with Gasteiger partial charge in [-0.25, -0.2) is 0 Å². The fraction of sp³-hybridized carbons (Fsp3) is 0.429. The number of pyridine rings is 1. The van der Waals surface area contributed by atoms with Crippen molar-refractivity contribution < 1.29 is 9.90 Å². The quantitative estimate of drug-likeness (QED) is 0.871. The van der Waals surface area contributed by atoms with Gasteiger partial charge in [-0.3, -0.25) is 14.7 Å². The Morgan fingerprint density at radius 1 is 1.24 bits per heavy atom. The highest BCUT2D eigenvalue weighted by molar-refractivity contribution is 5.66. The Balaban J connectivity index is 1.63. The van der Waals surface area contributed by atoms with Gasteiger partial charge in [0.15, 0.2) is 0 Å². The Labute approximate surface area is 149 Å². The minimum Gasteiger partial charge on any atom is -0.481 e. The summed E-state index contributed by atoms with van der Waals surface area (Å²) >= 11 is 0. The van der Waals surface area contributed by atoms with Crippen LogP contribution in [0.25, 0.3) is 0 Å². The molecule has 2 heterocycles. The van der Waals surface area contributed by atoms with Crippen LogP contribution in [0.1, 0.15) is 47.7 Å². The molecule has 1 N–H and O–H groups in total. The van der Waals surface area contributed by atoms with E-state index in [0.29, 0.717) is 12.3 Å². The second-order valence-electron chi connectivity index (χ2n) is 7.01. The van der Waals surface area contributed by atoms with Crippen molar-refractivity contribution in [3.63, 3.8) is 0 Å². The molecule has 1 aliphatic heterocycles. The number of likely N-dealkylation sites (tertiary alicyclic amines) is 1. The van der Waals surface area contributed by atoms with Crippen molar-refractivity contribution >= 4 is 5.97 Å². The van der Waals surface area contributed by atoms with E-state index in [-0.39, 0.29) is 6.42 Å². The van der Waals surface area contributed by atoms with Crippen molar-refractivity contribution in [1.29, 1.82) is 0 Å². The van der Waals surface area contributed by atoms with Crippen LogP contribution in [0.3, 0.4) is 0 Å². The first-order valence-electron chi connectivity index (χ1n) is 9.05. The number of aliphatic carboxylic acids is 1. The van der Waals surface area contributed by atoms with Crippen LogP contribution < -0.4 is 0 Å². The number of benzene rings is 1. The highest BCUT2D eigenvalue weighted by atomic mass is 16.4. The molecule has 1 saturated heterocycles. The summed E-state index contributed by atoms with van der Waals surface area (Å²) in [6.07, 6.45) is 2.97. The van der Waals surface area contributed by atoms with E-state index in [1.807, 2.05) is 12.1 Å². The standard InChI is InChI=1S/C21H26N2O2/c1-16-7-9-17(10-8-16)14-23-13-3-4-18(15-23)20-6-2-5-19(22-20)11-12-21(24)25/h2,5-10,18H,3-4,11-15H2,1H3,(H,24,25)/t18-/m1/s1. The first-order chi connectivity index (χ1) is 12.1. The minimum absolute atomic E-state index is 0.140. The number of hydrogen-bond donors (Lipinski definition) is 1. The summed E-state index contributed by atoms with van der Waals surface area (Å²) in [6.45, 7) is 5.24. The summed E-state index contributed by atoms with van der Waals surface area (Å²) in [4.78, 5) is 18.0. The summed E-state index contributed by atoms with van der Waals surface area (Å²) in [5, 5.41) is 8.85. The number of carboxylic acid groups (broad SMARTS) is 1. The van der Waals surface area contributed by atoms with Gasteiger partial charge in [0, 0.05) is 36.8 Å². The Morgan fingerprint density at radius 3 is 2.80 bits per heavy atom. The molecular formula is C21H26N2O2. The van der Waals surface area contributed by atoms with Crippen LogP contribution in [-0.4, -0.2) is 34.0 Å². The summed E-state index contributed by atoms with van der Waals surface area (Å²) in [5.41, 5.74) is 4.64. The second-order valence-corrected chi connectivity index (χ2v) is 7.01. The van der Waals surface area contributed by atoms with Crippen LogP contribution in [-0.2, 0) is 17.8 Å². The molecule has 0 bridgehead atoms. The van der Waals surface area contributed by atoms with Crippen LogP contribution in [0.4, 0.5) is 0 Å². The highest BCUT2D eigenvalue weighted by Gasteiger charge is 2.22. The molecule has 1 atom stereocenters. The monoisotopic (exact) mass is 338 g/mol. The van der Waals surface area contributed by atoms with Gasteiger partial charge >= 0.3 is 5.97 Å². The van der Waals surface area contributed by atoms with Crippen molar-refractivity contribution in [3.05, 3.63) is 65.0 Å². The van der Waals surface area contributed by atoms with Crippen molar-refractivity contribution in [2.45, 2.75) is 45.1 Å². The number of carbonyl (C=O) groups is 1. The van der Waals surface area contributed by atoms with Crippen molar-refractivity contribution in [2.75, 3.05) is 13.1 Å². The van der Waals surface area contributed by atoms with E-state index >= 15 is 0 Å². The van der Waals surface area contributed by atoms with Gasteiger partial charge in [0.2, 0.25) is 0 Å². The molecule has 0 unspecified atom stereocenters. The lowest BCUT2D eigenvalue weighted by Gasteiger charge is -2.32. The van der Waals surface area contributed by atoms with Gasteiger partial charge in [-0.15, -0.1) is 0 Å². The van der Waals surface area contributed by atoms with E-state index in [0.717, 1.165) is 37.4 Å². The van der Waals surface area contributed by atoms with Gasteiger partial charge in [0.05, 0.1) is 6.42 Å². The van der Waals surface area contributed by atoms with Crippen LogP contribution in [0.5, 0.6) is 0 Å². The zero-order chi connectivity index (χ0) is 17.6. The van der Waals surface area contributed by atoms with Crippen LogP contribution in [0, 0.1) is 6.92 Å². The molecular weight excluding hydrogens is 312 g/mol. The Bertz CT molecular complexity index is 712.